The molecule has 162 valence electrons. The molecule has 2 N–H and O–H groups in total. The van der Waals surface area contributed by atoms with E-state index in [-0.39, 0.29) is 29.0 Å². The molecule has 0 saturated carbocycles. The highest BCUT2D eigenvalue weighted by atomic mass is 19.1. The van der Waals surface area contributed by atoms with Crippen LogP contribution in [0.25, 0.3) is 0 Å². The molecule has 1 fully saturated rings. The maximum atomic E-state index is 13.6. The van der Waals surface area contributed by atoms with Crippen molar-refractivity contribution in [1.29, 1.82) is 5.26 Å². The molecular formula is C23H26FN5O2. The van der Waals surface area contributed by atoms with Crippen LogP contribution in [0.4, 0.5) is 4.39 Å². The number of halogens is 1. The number of hydrogen-bond acceptors (Lipinski definition) is 5. The fourth-order valence-electron chi connectivity index (χ4n) is 3.82. The number of pyridine rings is 1. The molecule has 0 aliphatic carbocycles. The van der Waals surface area contributed by atoms with E-state index in [9.17, 15) is 14.0 Å². The van der Waals surface area contributed by atoms with Crippen LogP contribution < -0.4 is 10.6 Å². The molecule has 7 nitrogen and oxygen atoms in total. The lowest BCUT2D eigenvalue weighted by molar-refractivity contribution is -0.125. The Morgan fingerprint density at radius 2 is 2.00 bits per heavy atom. The van der Waals surface area contributed by atoms with Crippen LogP contribution in [0.2, 0.25) is 0 Å². The molecule has 0 radical (unpaired) electrons. The standard InChI is InChI=1S/C23H26FN5O2/c1-29-14-18(22(30)27-9-6-16-4-7-26-8-5-16)2-3-21(15-29)28-23(31)19-10-17(13-25)11-20(24)12-19/h4-5,7-8,10-12,18,21H,2-3,6,9,14-15H2,1H3,(H,27,30)(H,28,31)/t18-,21+/m1/s1. The first-order chi connectivity index (χ1) is 14.9. The number of nitrogens with one attached hydrogen (secondary N) is 2. The van der Waals surface area contributed by atoms with Crippen molar-refractivity contribution in [2.45, 2.75) is 25.3 Å². The minimum absolute atomic E-state index is 0.0108. The zero-order valence-electron chi connectivity index (χ0n) is 17.5. The minimum atomic E-state index is -0.620. The van der Waals surface area contributed by atoms with Gasteiger partial charge in [-0.15, -0.1) is 0 Å². The van der Waals surface area contributed by atoms with Crippen molar-refractivity contribution >= 4 is 11.8 Å². The number of amides is 2. The van der Waals surface area contributed by atoms with Crippen molar-refractivity contribution in [2.75, 3.05) is 26.7 Å². The second-order valence-electron chi connectivity index (χ2n) is 7.90. The van der Waals surface area contributed by atoms with E-state index in [2.05, 4.69) is 15.6 Å². The Labute approximate surface area is 181 Å². The van der Waals surface area contributed by atoms with Crippen molar-refractivity contribution in [1.82, 2.24) is 20.5 Å². The smallest absolute Gasteiger partial charge is 0.251 e. The summed E-state index contributed by atoms with van der Waals surface area (Å²) in [6.07, 6.45) is 5.49. The molecule has 3 rings (SSSR count). The number of nitriles is 1. The summed E-state index contributed by atoms with van der Waals surface area (Å²) in [5, 5.41) is 14.9. The molecule has 0 bridgehead atoms. The second kappa shape index (κ2) is 10.6. The minimum Gasteiger partial charge on any atom is -0.355 e. The van der Waals surface area contributed by atoms with Gasteiger partial charge in [-0.25, -0.2) is 4.39 Å². The lowest BCUT2D eigenvalue weighted by Crippen LogP contribution is -2.42. The number of hydrogen-bond donors (Lipinski definition) is 2. The predicted molar refractivity (Wildman–Crippen MR) is 114 cm³/mol. The molecule has 0 spiro atoms. The molecule has 1 aromatic heterocycles. The maximum Gasteiger partial charge on any atom is 0.251 e. The van der Waals surface area contributed by atoms with E-state index in [4.69, 9.17) is 5.26 Å². The van der Waals surface area contributed by atoms with Gasteiger partial charge in [-0.3, -0.25) is 14.6 Å². The number of benzene rings is 1. The first-order valence-corrected chi connectivity index (χ1v) is 10.3. The Hall–Kier alpha value is -3.31. The largest absolute Gasteiger partial charge is 0.355 e. The molecule has 2 atom stereocenters. The summed E-state index contributed by atoms with van der Waals surface area (Å²) in [6.45, 7) is 1.75. The summed E-state index contributed by atoms with van der Waals surface area (Å²) < 4.78 is 13.6. The second-order valence-corrected chi connectivity index (χ2v) is 7.90. The maximum absolute atomic E-state index is 13.6. The molecular weight excluding hydrogens is 397 g/mol. The van der Waals surface area contributed by atoms with Gasteiger partial charge in [0.15, 0.2) is 0 Å². The summed E-state index contributed by atoms with van der Waals surface area (Å²) >= 11 is 0. The Bertz CT molecular complexity index is 960. The van der Waals surface area contributed by atoms with Crippen molar-refractivity contribution in [3.8, 4) is 6.07 Å². The number of rotatable bonds is 6. The number of nitrogens with zero attached hydrogens (tertiary/aromatic N) is 3. The third kappa shape index (κ3) is 6.59. The van der Waals surface area contributed by atoms with E-state index in [1.807, 2.05) is 30.1 Å². The Balaban J connectivity index is 1.52. The van der Waals surface area contributed by atoms with Crippen LogP contribution >= 0.6 is 0 Å². The molecule has 2 heterocycles. The Morgan fingerprint density at radius 1 is 1.23 bits per heavy atom. The van der Waals surface area contributed by atoms with E-state index in [0.717, 1.165) is 24.1 Å². The van der Waals surface area contributed by atoms with Gasteiger partial charge in [0.25, 0.3) is 5.91 Å². The first-order valence-electron chi connectivity index (χ1n) is 10.3. The lowest BCUT2D eigenvalue weighted by Gasteiger charge is -2.22. The van der Waals surface area contributed by atoms with Gasteiger partial charge in [-0.2, -0.15) is 5.26 Å². The highest BCUT2D eigenvalue weighted by Crippen LogP contribution is 2.17. The topological polar surface area (TPSA) is 98.1 Å². The normalized spacial score (nSPS) is 19.1. The molecule has 1 saturated heterocycles. The number of likely N-dealkylation sites (tertiary alicyclic amines) is 1. The van der Waals surface area contributed by atoms with Gasteiger partial charge in [0.1, 0.15) is 5.82 Å². The summed E-state index contributed by atoms with van der Waals surface area (Å²) in [5.74, 6) is -1.19. The molecule has 2 aromatic rings. The van der Waals surface area contributed by atoms with E-state index in [0.29, 0.717) is 32.5 Å². The van der Waals surface area contributed by atoms with Crippen molar-refractivity contribution < 1.29 is 14.0 Å². The van der Waals surface area contributed by atoms with E-state index < -0.39 is 11.7 Å². The van der Waals surface area contributed by atoms with Crippen LogP contribution in [0.3, 0.4) is 0 Å². The number of carbonyl (C=O) groups is 2. The van der Waals surface area contributed by atoms with Crippen molar-refractivity contribution in [2.24, 2.45) is 5.92 Å². The van der Waals surface area contributed by atoms with Gasteiger partial charge >= 0.3 is 0 Å². The van der Waals surface area contributed by atoms with E-state index in [1.165, 1.54) is 6.07 Å². The van der Waals surface area contributed by atoms with Gasteiger partial charge in [0, 0.05) is 43.6 Å². The van der Waals surface area contributed by atoms with Gasteiger partial charge in [0.05, 0.1) is 17.6 Å². The molecule has 2 amide bonds. The van der Waals surface area contributed by atoms with Gasteiger partial charge in [-0.05, 0) is 62.2 Å². The summed E-state index contributed by atoms with van der Waals surface area (Å²) in [7, 11) is 1.91. The number of aromatic nitrogens is 1. The van der Waals surface area contributed by atoms with Crippen LogP contribution in [0.5, 0.6) is 0 Å². The molecule has 0 unspecified atom stereocenters. The SMILES string of the molecule is CN1C[C@@H](NC(=O)c2cc(F)cc(C#N)c2)CC[C@@H](C(=O)NCCc2ccncc2)C1. The zero-order valence-corrected chi connectivity index (χ0v) is 17.5. The van der Waals surface area contributed by atoms with Crippen molar-refractivity contribution in [3.63, 3.8) is 0 Å². The average molecular weight is 423 g/mol. The number of likely N-dealkylation sites (N-methyl/N-ethyl adjacent to an activating group) is 1. The van der Waals surface area contributed by atoms with Gasteiger partial charge in [-0.1, -0.05) is 0 Å². The van der Waals surface area contributed by atoms with Gasteiger partial charge in [0.2, 0.25) is 5.91 Å². The fourth-order valence-corrected chi connectivity index (χ4v) is 3.82. The summed E-state index contributed by atoms with van der Waals surface area (Å²) in [6, 6.07) is 9.13. The van der Waals surface area contributed by atoms with Crippen LogP contribution in [0.15, 0.2) is 42.7 Å². The fraction of sp³-hybridized carbons (Fsp3) is 0.391. The third-order valence-electron chi connectivity index (χ3n) is 5.39. The molecule has 8 heteroatoms. The Kier molecular flexibility index (Phi) is 7.68. The zero-order chi connectivity index (χ0) is 22.2. The highest BCUT2D eigenvalue weighted by Gasteiger charge is 2.27. The molecule has 1 aliphatic heterocycles. The van der Waals surface area contributed by atoms with Crippen molar-refractivity contribution in [3.05, 3.63) is 65.2 Å². The summed E-state index contributed by atoms with van der Waals surface area (Å²) in [4.78, 5) is 31.2. The molecule has 1 aromatic carbocycles. The Morgan fingerprint density at radius 3 is 2.74 bits per heavy atom. The van der Waals surface area contributed by atoms with Crippen LogP contribution in [0, 0.1) is 23.1 Å². The molecule has 1 aliphatic rings. The van der Waals surface area contributed by atoms with Crippen LogP contribution in [0.1, 0.15) is 34.3 Å². The molecule has 31 heavy (non-hydrogen) atoms. The lowest BCUT2D eigenvalue weighted by atomic mass is 10.0. The quantitative estimate of drug-likeness (QED) is 0.740. The highest BCUT2D eigenvalue weighted by molar-refractivity contribution is 5.94. The van der Waals surface area contributed by atoms with E-state index >= 15 is 0 Å². The third-order valence-corrected chi connectivity index (χ3v) is 5.39. The van der Waals surface area contributed by atoms with Crippen LogP contribution in [-0.4, -0.2) is 54.4 Å². The van der Waals surface area contributed by atoms with Gasteiger partial charge < -0.3 is 15.5 Å². The summed E-state index contributed by atoms with van der Waals surface area (Å²) in [5.41, 5.74) is 1.34. The number of carbonyl (C=O) groups excluding carboxylic acids is 2. The predicted octanol–water partition coefficient (Wildman–Crippen LogP) is 1.89. The average Bonchev–Trinajstić information content (AvgIpc) is 2.94. The van der Waals surface area contributed by atoms with Crippen LogP contribution in [-0.2, 0) is 11.2 Å². The van der Waals surface area contributed by atoms with E-state index in [1.54, 1.807) is 12.4 Å². The first kappa shape index (κ1) is 22.4. The monoisotopic (exact) mass is 423 g/mol.